The van der Waals surface area contributed by atoms with Crippen LogP contribution in [-0.4, -0.2) is 19.6 Å². The number of aromatic nitrogens is 3. The number of hydrogen-bond acceptors (Lipinski definition) is 3. The second kappa shape index (κ2) is 11.1. The van der Waals surface area contributed by atoms with Crippen molar-refractivity contribution in [3.05, 3.63) is 132 Å². The van der Waals surface area contributed by atoms with Crippen LogP contribution in [0.2, 0.25) is 0 Å². The number of pyridine rings is 1. The molecule has 0 spiro atoms. The Morgan fingerprint density at radius 1 is 0.705 bits per heavy atom. The molecule has 216 valence electrons. The Bertz CT molecular complexity index is 2370. The van der Waals surface area contributed by atoms with Crippen LogP contribution >= 0.6 is 0 Å². The Hall–Kier alpha value is -5.22. The molecule has 44 heavy (non-hydrogen) atoms. The van der Waals surface area contributed by atoms with E-state index < -0.39 is 18.6 Å². The molecule has 4 heteroatoms. The zero-order chi connectivity index (χ0) is 34.7. The highest BCUT2D eigenvalue weighted by Gasteiger charge is 2.22. The SMILES string of the molecule is [2H]C(C)(C)c1cccc(C([2H])(C)C([2H])([2H])[2H])c1-n1c(-c2cccc(-c3nc(-c4ccccc4O)cc4ccccc34)c2)nc2ccccc21. The van der Waals surface area contributed by atoms with E-state index in [-0.39, 0.29) is 11.3 Å². The Morgan fingerprint density at radius 2 is 1.41 bits per heavy atom. The average molecular weight is 579 g/mol. The Balaban J connectivity index is 1.52. The van der Waals surface area contributed by atoms with Gasteiger partial charge in [0, 0.05) is 28.9 Å². The van der Waals surface area contributed by atoms with Gasteiger partial charge in [-0.3, -0.25) is 4.57 Å². The lowest BCUT2D eigenvalue weighted by atomic mass is 9.92. The number of phenolic OH excluding ortho intramolecular Hbond substituents is 1. The van der Waals surface area contributed by atoms with Crippen LogP contribution in [0.15, 0.2) is 121 Å². The smallest absolute Gasteiger partial charge is 0.145 e. The van der Waals surface area contributed by atoms with Gasteiger partial charge in [0.15, 0.2) is 0 Å². The lowest BCUT2D eigenvalue weighted by Gasteiger charge is -2.22. The number of nitrogens with zero attached hydrogens (tertiary/aromatic N) is 3. The van der Waals surface area contributed by atoms with Gasteiger partial charge in [-0.05, 0) is 64.7 Å². The molecular formula is C40H35N3O. The highest BCUT2D eigenvalue weighted by molar-refractivity contribution is 5.98. The molecule has 4 nitrogen and oxygen atoms in total. The highest BCUT2D eigenvalue weighted by Crippen LogP contribution is 2.39. The summed E-state index contributed by atoms with van der Waals surface area (Å²) in [4.78, 5) is 10.2. The molecule has 0 radical (unpaired) electrons. The van der Waals surface area contributed by atoms with E-state index in [4.69, 9.17) is 15.5 Å². The second-order valence-electron chi connectivity index (χ2n) is 11.3. The molecule has 1 atom stereocenters. The van der Waals surface area contributed by atoms with Gasteiger partial charge in [-0.1, -0.05) is 113 Å². The average Bonchev–Trinajstić information content (AvgIpc) is 3.46. The number of fused-ring (bicyclic) bond motifs is 2. The zero-order valence-corrected chi connectivity index (χ0v) is 24.8. The van der Waals surface area contributed by atoms with Gasteiger partial charge in [0.2, 0.25) is 0 Å². The fraction of sp³-hybridized carbons (Fsp3) is 0.150. The van der Waals surface area contributed by atoms with Gasteiger partial charge in [0.1, 0.15) is 11.6 Å². The highest BCUT2D eigenvalue weighted by atomic mass is 16.3. The Labute approximate surface area is 265 Å². The minimum Gasteiger partial charge on any atom is -0.507 e. The maximum atomic E-state index is 10.7. The van der Waals surface area contributed by atoms with E-state index in [9.17, 15) is 6.48 Å². The van der Waals surface area contributed by atoms with Crippen molar-refractivity contribution in [2.75, 3.05) is 0 Å². The monoisotopic (exact) mass is 578 g/mol. The normalized spacial score (nSPS) is 15.2. The van der Waals surface area contributed by atoms with Gasteiger partial charge in [0.25, 0.3) is 0 Å². The first kappa shape index (κ1) is 22.3. The molecule has 0 saturated heterocycles. The molecule has 0 amide bonds. The summed E-state index contributed by atoms with van der Waals surface area (Å²) in [6.45, 7) is 2.29. The van der Waals surface area contributed by atoms with Gasteiger partial charge in [-0.25, -0.2) is 9.97 Å². The molecular weight excluding hydrogens is 538 g/mol. The minimum absolute atomic E-state index is 0.143. The van der Waals surface area contributed by atoms with Crippen molar-refractivity contribution in [3.8, 4) is 45.3 Å². The van der Waals surface area contributed by atoms with Crippen molar-refractivity contribution in [1.82, 2.24) is 14.5 Å². The van der Waals surface area contributed by atoms with Crippen LogP contribution in [0.1, 0.15) is 57.4 Å². The number of hydrogen-bond donors (Lipinski definition) is 1. The van der Waals surface area contributed by atoms with Crippen LogP contribution in [0.3, 0.4) is 0 Å². The van der Waals surface area contributed by atoms with Gasteiger partial charge in [-0.2, -0.15) is 0 Å². The van der Waals surface area contributed by atoms with E-state index in [1.54, 1.807) is 38.1 Å². The molecule has 1 unspecified atom stereocenters. The summed E-state index contributed by atoms with van der Waals surface area (Å²) in [5, 5.41) is 12.6. The molecule has 7 aromatic rings. The van der Waals surface area contributed by atoms with Crippen LogP contribution in [0.5, 0.6) is 5.75 Å². The van der Waals surface area contributed by atoms with E-state index in [0.29, 0.717) is 33.8 Å². The zero-order valence-electron chi connectivity index (χ0n) is 29.8. The first-order chi connectivity index (χ1) is 23.3. The summed E-state index contributed by atoms with van der Waals surface area (Å²) < 4.78 is 45.2. The van der Waals surface area contributed by atoms with E-state index in [2.05, 4.69) is 0 Å². The number of imidazole rings is 1. The summed E-state index contributed by atoms with van der Waals surface area (Å²) in [5.74, 6) is -2.43. The molecule has 0 aliphatic heterocycles. The molecule has 2 heterocycles. The van der Waals surface area contributed by atoms with Crippen LogP contribution in [0.4, 0.5) is 0 Å². The number of aromatic hydroxyl groups is 1. The van der Waals surface area contributed by atoms with Gasteiger partial charge < -0.3 is 5.11 Å². The Morgan fingerprint density at radius 3 is 2.23 bits per heavy atom. The molecule has 0 aliphatic carbocycles. The number of benzene rings is 5. The Kier molecular flexibility index (Phi) is 5.65. The topological polar surface area (TPSA) is 50.9 Å². The van der Waals surface area contributed by atoms with E-state index in [1.807, 2.05) is 102 Å². The van der Waals surface area contributed by atoms with Crippen LogP contribution in [-0.2, 0) is 0 Å². The molecule has 0 saturated carbocycles. The van der Waals surface area contributed by atoms with Crippen molar-refractivity contribution in [3.63, 3.8) is 0 Å². The largest absolute Gasteiger partial charge is 0.507 e. The van der Waals surface area contributed by atoms with Gasteiger partial charge >= 0.3 is 0 Å². The molecule has 1 N–H and O–H groups in total. The fourth-order valence-electron chi connectivity index (χ4n) is 5.99. The third-order valence-corrected chi connectivity index (χ3v) is 8.08. The standard InChI is InChI=1S/C40H35N3O/c1-25(2)30-18-12-19-31(26(3)4)39(30)43-36-21-9-8-20-34(36)42-40(43)29-15-11-14-28(23-29)38-32-16-6-5-13-27(32)24-35(41-38)33-17-7-10-22-37(33)44/h5-26,44H,1-4H3/i1D3,25D,26D. The molecule has 0 bridgehead atoms. The fourth-order valence-corrected chi connectivity index (χ4v) is 5.99. The van der Waals surface area contributed by atoms with E-state index in [0.717, 1.165) is 33.1 Å². The minimum atomic E-state index is -2.64. The lowest BCUT2D eigenvalue weighted by Crippen LogP contribution is -2.08. The molecule has 0 aliphatic rings. The molecule has 7 rings (SSSR count). The van der Waals surface area contributed by atoms with Crippen LogP contribution in [0.25, 0.3) is 61.4 Å². The van der Waals surface area contributed by atoms with Gasteiger partial charge in [0.05, 0.1) is 28.1 Å². The van der Waals surface area contributed by atoms with E-state index in [1.165, 1.54) is 6.92 Å². The summed E-state index contributed by atoms with van der Waals surface area (Å²) in [5.41, 5.74) is 6.33. The maximum Gasteiger partial charge on any atom is 0.145 e. The number of para-hydroxylation sites is 4. The first-order valence-electron chi connectivity index (χ1n) is 17.2. The predicted octanol–water partition coefficient (Wildman–Crippen LogP) is 10.5. The second-order valence-corrected chi connectivity index (χ2v) is 11.3. The first-order valence-corrected chi connectivity index (χ1v) is 14.7. The molecule has 2 aromatic heterocycles. The lowest BCUT2D eigenvalue weighted by molar-refractivity contribution is 0.477. The third kappa shape index (κ3) is 4.73. The summed E-state index contributed by atoms with van der Waals surface area (Å²) in [6.07, 6.45) is 0. The molecule has 0 fully saturated rings. The van der Waals surface area contributed by atoms with Crippen LogP contribution < -0.4 is 0 Å². The van der Waals surface area contributed by atoms with Crippen molar-refractivity contribution >= 4 is 21.8 Å². The van der Waals surface area contributed by atoms with Crippen molar-refractivity contribution < 1.29 is 12.0 Å². The third-order valence-electron chi connectivity index (χ3n) is 8.08. The summed E-state index contributed by atoms with van der Waals surface area (Å²) >= 11 is 0. The maximum absolute atomic E-state index is 10.7. The number of phenols is 1. The summed E-state index contributed by atoms with van der Waals surface area (Å²) in [6, 6.07) is 37.9. The van der Waals surface area contributed by atoms with Crippen molar-refractivity contribution in [1.29, 1.82) is 0 Å². The summed E-state index contributed by atoms with van der Waals surface area (Å²) in [7, 11) is 0. The van der Waals surface area contributed by atoms with E-state index >= 15 is 0 Å². The number of rotatable bonds is 6. The van der Waals surface area contributed by atoms with Gasteiger partial charge in [-0.15, -0.1) is 0 Å². The van der Waals surface area contributed by atoms with Crippen LogP contribution in [0, 0.1) is 0 Å². The predicted molar refractivity (Wildman–Crippen MR) is 183 cm³/mol. The van der Waals surface area contributed by atoms with Crippen molar-refractivity contribution in [2.24, 2.45) is 0 Å². The van der Waals surface area contributed by atoms with Crippen molar-refractivity contribution in [2.45, 2.75) is 39.4 Å². The quantitative estimate of drug-likeness (QED) is 0.214. The molecule has 5 aromatic carbocycles.